The third-order valence-electron chi connectivity index (χ3n) is 4.32. The lowest BCUT2D eigenvalue weighted by atomic mass is 9.98. The van der Waals surface area contributed by atoms with Crippen molar-refractivity contribution in [2.75, 3.05) is 19.3 Å². The second kappa shape index (κ2) is 7.93. The van der Waals surface area contributed by atoms with Gasteiger partial charge in [-0.2, -0.15) is 0 Å². The van der Waals surface area contributed by atoms with E-state index in [0.29, 0.717) is 13.1 Å². The van der Waals surface area contributed by atoms with Crippen LogP contribution in [0.1, 0.15) is 31.7 Å². The highest BCUT2D eigenvalue weighted by Gasteiger charge is 2.30. The van der Waals surface area contributed by atoms with Gasteiger partial charge in [0.1, 0.15) is 0 Å². The highest BCUT2D eigenvalue weighted by Crippen LogP contribution is 2.19. The van der Waals surface area contributed by atoms with E-state index in [1.54, 1.807) is 0 Å². The molecule has 2 rings (SSSR count). The summed E-state index contributed by atoms with van der Waals surface area (Å²) in [5, 5.41) is 3.03. The molecule has 128 valence electrons. The minimum atomic E-state index is -3.21. The first-order valence-corrected chi connectivity index (χ1v) is 10.0. The maximum atomic E-state index is 12.4. The molecule has 1 aromatic carbocycles. The fourth-order valence-electron chi connectivity index (χ4n) is 2.92. The summed E-state index contributed by atoms with van der Waals surface area (Å²) in [6.45, 7) is 2.82. The SMILES string of the molecule is CC(CCc1ccccc1)NC(=O)C1CCCN(S(C)(=O)=O)C1. The number of aryl methyl sites for hydroxylation is 1. The van der Waals surface area contributed by atoms with Crippen molar-refractivity contribution >= 4 is 15.9 Å². The molecule has 2 unspecified atom stereocenters. The van der Waals surface area contributed by atoms with Gasteiger partial charge in [0.2, 0.25) is 15.9 Å². The monoisotopic (exact) mass is 338 g/mol. The first-order valence-electron chi connectivity index (χ1n) is 8.15. The third-order valence-corrected chi connectivity index (χ3v) is 5.59. The van der Waals surface area contributed by atoms with Gasteiger partial charge in [-0.1, -0.05) is 30.3 Å². The van der Waals surface area contributed by atoms with E-state index in [2.05, 4.69) is 17.4 Å². The van der Waals surface area contributed by atoms with Crippen LogP contribution in [0.5, 0.6) is 0 Å². The predicted molar refractivity (Wildman–Crippen MR) is 91.5 cm³/mol. The van der Waals surface area contributed by atoms with Gasteiger partial charge in [0.15, 0.2) is 0 Å². The highest BCUT2D eigenvalue weighted by molar-refractivity contribution is 7.88. The molecule has 1 heterocycles. The van der Waals surface area contributed by atoms with Gasteiger partial charge in [0.25, 0.3) is 0 Å². The molecule has 0 radical (unpaired) electrons. The molecular weight excluding hydrogens is 312 g/mol. The smallest absolute Gasteiger partial charge is 0.224 e. The average molecular weight is 338 g/mol. The molecule has 1 aromatic rings. The first kappa shape index (κ1) is 17.9. The Balaban J connectivity index is 1.81. The van der Waals surface area contributed by atoms with Crippen LogP contribution in [0.25, 0.3) is 0 Å². The van der Waals surface area contributed by atoms with Gasteiger partial charge < -0.3 is 5.32 Å². The lowest BCUT2D eigenvalue weighted by Gasteiger charge is -2.30. The molecule has 6 heteroatoms. The topological polar surface area (TPSA) is 66.5 Å². The van der Waals surface area contributed by atoms with Crippen LogP contribution in [0.2, 0.25) is 0 Å². The van der Waals surface area contributed by atoms with E-state index in [0.717, 1.165) is 25.7 Å². The van der Waals surface area contributed by atoms with Gasteiger partial charge in [0.05, 0.1) is 12.2 Å². The Morgan fingerprint density at radius 3 is 2.70 bits per heavy atom. The van der Waals surface area contributed by atoms with E-state index in [1.807, 2.05) is 25.1 Å². The molecule has 2 atom stereocenters. The third kappa shape index (κ3) is 5.62. The number of carbonyl (C=O) groups excluding carboxylic acids is 1. The second-order valence-corrected chi connectivity index (χ2v) is 8.38. The summed E-state index contributed by atoms with van der Waals surface area (Å²) in [5.74, 6) is -0.267. The summed E-state index contributed by atoms with van der Waals surface area (Å²) in [5.41, 5.74) is 1.26. The molecule has 1 aliphatic rings. The number of hydrogen-bond donors (Lipinski definition) is 1. The molecule has 0 aromatic heterocycles. The molecule has 1 amide bonds. The van der Waals surface area contributed by atoms with Gasteiger partial charge in [-0.15, -0.1) is 0 Å². The minimum absolute atomic E-state index is 0.0288. The maximum absolute atomic E-state index is 12.4. The van der Waals surface area contributed by atoms with Crippen molar-refractivity contribution < 1.29 is 13.2 Å². The van der Waals surface area contributed by atoms with E-state index >= 15 is 0 Å². The Hall–Kier alpha value is -1.40. The number of benzene rings is 1. The Labute approximate surface area is 139 Å². The quantitative estimate of drug-likeness (QED) is 0.860. The zero-order chi connectivity index (χ0) is 16.9. The molecule has 0 aliphatic carbocycles. The van der Waals surface area contributed by atoms with E-state index in [9.17, 15) is 13.2 Å². The minimum Gasteiger partial charge on any atom is -0.353 e. The van der Waals surface area contributed by atoms with Crippen molar-refractivity contribution in [3.05, 3.63) is 35.9 Å². The molecule has 1 saturated heterocycles. The summed E-state index contributed by atoms with van der Waals surface area (Å²) in [4.78, 5) is 12.4. The first-order chi connectivity index (χ1) is 10.9. The lowest BCUT2D eigenvalue weighted by molar-refractivity contribution is -0.126. The summed E-state index contributed by atoms with van der Waals surface area (Å²) in [6.07, 6.45) is 4.49. The average Bonchev–Trinajstić information content (AvgIpc) is 2.53. The van der Waals surface area contributed by atoms with Crippen molar-refractivity contribution in [2.24, 2.45) is 5.92 Å². The molecular formula is C17H26N2O3S. The Bertz CT molecular complexity index is 616. The molecule has 1 aliphatic heterocycles. The van der Waals surface area contributed by atoms with Crippen LogP contribution in [0, 0.1) is 5.92 Å². The molecule has 0 saturated carbocycles. The van der Waals surface area contributed by atoms with Crippen molar-refractivity contribution in [1.29, 1.82) is 0 Å². The Morgan fingerprint density at radius 1 is 1.35 bits per heavy atom. The van der Waals surface area contributed by atoms with Crippen LogP contribution < -0.4 is 5.32 Å². The van der Waals surface area contributed by atoms with Crippen LogP contribution in [0.3, 0.4) is 0 Å². The lowest BCUT2D eigenvalue weighted by Crippen LogP contribution is -2.46. The van der Waals surface area contributed by atoms with Gasteiger partial charge in [-0.05, 0) is 38.2 Å². The molecule has 1 fully saturated rings. The van der Waals surface area contributed by atoms with Crippen molar-refractivity contribution in [3.8, 4) is 0 Å². The number of nitrogens with zero attached hydrogens (tertiary/aromatic N) is 1. The largest absolute Gasteiger partial charge is 0.353 e. The van der Waals surface area contributed by atoms with Crippen molar-refractivity contribution in [2.45, 2.75) is 38.6 Å². The van der Waals surface area contributed by atoms with Gasteiger partial charge in [-0.3, -0.25) is 4.79 Å². The Morgan fingerprint density at radius 2 is 2.04 bits per heavy atom. The van der Waals surface area contributed by atoms with E-state index < -0.39 is 10.0 Å². The number of nitrogens with one attached hydrogen (secondary N) is 1. The van der Waals surface area contributed by atoms with Crippen LogP contribution in [0.4, 0.5) is 0 Å². The Kier molecular flexibility index (Phi) is 6.18. The predicted octanol–water partition coefficient (Wildman–Crippen LogP) is 1.80. The highest BCUT2D eigenvalue weighted by atomic mass is 32.2. The van der Waals surface area contributed by atoms with Gasteiger partial charge in [-0.25, -0.2) is 12.7 Å². The zero-order valence-corrected chi connectivity index (χ0v) is 14.7. The van der Waals surface area contributed by atoms with Crippen LogP contribution in [-0.4, -0.2) is 44.0 Å². The number of hydrogen-bond acceptors (Lipinski definition) is 3. The van der Waals surface area contributed by atoms with Crippen LogP contribution >= 0.6 is 0 Å². The number of piperidine rings is 1. The van der Waals surface area contributed by atoms with E-state index in [4.69, 9.17) is 0 Å². The molecule has 1 N–H and O–H groups in total. The van der Waals surface area contributed by atoms with Crippen molar-refractivity contribution in [3.63, 3.8) is 0 Å². The second-order valence-electron chi connectivity index (χ2n) is 6.39. The van der Waals surface area contributed by atoms with Gasteiger partial charge >= 0.3 is 0 Å². The van der Waals surface area contributed by atoms with Crippen molar-refractivity contribution in [1.82, 2.24) is 9.62 Å². The normalized spacial score (nSPS) is 20.9. The summed E-state index contributed by atoms with van der Waals surface area (Å²) in [6, 6.07) is 10.3. The number of sulfonamides is 1. The van der Waals surface area contributed by atoms with Crippen LogP contribution in [-0.2, 0) is 21.2 Å². The zero-order valence-electron chi connectivity index (χ0n) is 13.9. The van der Waals surface area contributed by atoms with Gasteiger partial charge in [0, 0.05) is 19.1 Å². The molecule has 5 nitrogen and oxygen atoms in total. The molecule has 0 bridgehead atoms. The summed E-state index contributed by atoms with van der Waals surface area (Å²) in [7, 11) is -3.21. The van der Waals surface area contributed by atoms with E-state index in [1.165, 1.54) is 16.1 Å². The number of carbonyl (C=O) groups is 1. The van der Waals surface area contributed by atoms with E-state index in [-0.39, 0.29) is 17.9 Å². The number of amides is 1. The standard InChI is InChI=1S/C17H26N2O3S/c1-14(10-11-15-7-4-3-5-8-15)18-17(20)16-9-6-12-19(13-16)23(2,21)22/h3-5,7-8,14,16H,6,9-13H2,1-2H3,(H,18,20). The van der Waals surface area contributed by atoms with Crippen LogP contribution in [0.15, 0.2) is 30.3 Å². The molecule has 23 heavy (non-hydrogen) atoms. The fourth-order valence-corrected chi connectivity index (χ4v) is 3.83. The maximum Gasteiger partial charge on any atom is 0.224 e. The molecule has 0 spiro atoms. The summed E-state index contributed by atoms with van der Waals surface area (Å²) >= 11 is 0. The fraction of sp³-hybridized carbons (Fsp3) is 0.588. The summed E-state index contributed by atoms with van der Waals surface area (Å²) < 4.78 is 24.7. The number of rotatable bonds is 6.